The molecule has 2 N–H and O–H groups in total. The molecule has 2 rings (SSSR count). The van der Waals surface area contributed by atoms with Crippen LogP contribution in [0.3, 0.4) is 0 Å². The van der Waals surface area contributed by atoms with Crippen LogP contribution >= 0.6 is 0 Å². The SMILES string of the molecule is Cc1ccc(C(=O)O)c(Nc2ccc(F)cc2C)n1. The Labute approximate surface area is 109 Å². The van der Waals surface area contributed by atoms with E-state index in [9.17, 15) is 9.18 Å². The largest absolute Gasteiger partial charge is 0.478 e. The minimum atomic E-state index is -1.06. The normalized spacial score (nSPS) is 10.3. The van der Waals surface area contributed by atoms with Crippen LogP contribution in [0, 0.1) is 19.7 Å². The summed E-state index contributed by atoms with van der Waals surface area (Å²) in [7, 11) is 0. The van der Waals surface area contributed by atoms with Crippen molar-refractivity contribution in [2.24, 2.45) is 0 Å². The van der Waals surface area contributed by atoms with E-state index in [1.54, 1.807) is 26.0 Å². The van der Waals surface area contributed by atoms with Crippen molar-refractivity contribution >= 4 is 17.5 Å². The number of hydrogen-bond donors (Lipinski definition) is 2. The first kappa shape index (κ1) is 13.0. The molecule has 0 unspecified atom stereocenters. The quantitative estimate of drug-likeness (QED) is 0.889. The molecular formula is C14H13FN2O2. The maximum absolute atomic E-state index is 13.0. The molecule has 0 atom stereocenters. The molecular weight excluding hydrogens is 247 g/mol. The Morgan fingerprint density at radius 3 is 2.63 bits per heavy atom. The molecule has 19 heavy (non-hydrogen) atoms. The second-order valence-electron chi connectivity index (χ2n) is 4.24. The summed E-state index contributed by atoms with van der Waals surface area (Å²) in [6, 6.07) is 7.36. The van der Waals surface area contributed by atoms with Crippen LogP contribution in [0.2, 0.25) is 0 Å². The number of aromatic nitrogens is 1. The van der Waals surface area contributed by atoms with E-state index >= 15 is 0 Å². The van der Waals surface area contributed by atoms with Gasteiger partial charge in [0.2, 0.25) is 0 Å². The summed E-state index contributed by atoms with van der Waals surface area (Å²) in [5, 5.41) is 12.0. The van der Waals surface area contributed by atoms with Gasteiger partial charge < -0.3 is 10.4 Å². The second kappa shape index (κ2) is 5.06. The summed E-state index contributed by atoms with van der Waals surface area (Å²) in [4.78, 5) is 15.3. The van der Waals surface area contributed by atoms with Gasteiger partial charge in [0.15, 0.2) is 0 Å². The molecule has 1 heterocycles. The zero-order chi connectivity index (χ0) is 14.0. The number of carbonyl (C=O) groups is 1. The Balaban J connectivity index is 2.42. The van der Waals surface area contributed by atoms with Crippen molar-refractivity contribution < 1.29 is 14.3 Å². The molecule has 0 fully saturated rings. The van der Waals surface area contributed by atoms with Gasteiger partial charge in [0.25, 0.3) is 0 Å². The first-order chi connectivity index (χ1) is 8.97. The van der Waals surface area contributed by atoms with Crippen LogP contribution in [0.4, 0.5) is 15.9 Å². The van der Waals surface area contributed by atoms with E-state index in [2.05, 4.69) is 10.3 Å². The Hall–Kier alpha value is -2.43. The van der Waals surface area contributed by atoms with Crippen LogP contribution in [0.1, 0.15) is 21.6 Å². The van der Waals surface area contributed by atoms with Crippen LogP contribution in [0.5, 0.6) is 0 Å². The number of rotatable bonds is 3. The van der Waals surface area contributed by atoms with Crippen molar-refractivity contribution in [1.82, 2.24) is 4.98 Å². The average molecular weight is 260 g/mol. The van der Waals surface area contributed by atoms with Gasteiger partial charge in [-0.25, -0.2) is 14.2 Å². The van der Waals surface area contributed by atoms with Crippen molar-refractivity contribution in [1.29, 1.82) is 0 Å². The van der Waals surface area contributed by atoms with Gasteiger partial charge in [-0.15, -0.1) is 0 Å². The van der Waals surface area contributed by atoms with Crippen LogP contribution < -0.4 is 5.32 Å². The molecule has 0 aliphatic rings. The number of aryl methyl sites for hydroxylation is 2. The lowest BCUT2D eigenvalue weighted by atomic mass is 10.1. The van der Waals surface area contributed by atoms with Crippen molar-refractivity contribution in [2.75, 3.05) is 5.32 Å². The summed E-state index contributed by atoms with van der Waals surface area (Å²) in [6.07, 6.45) is 0. The van der Waals surface area contributed by atoms with E-state index in [1.807, 2.05) is 0 Å². The third kappa shape index (κ3) is 2.88. The van der Waals surface area contributed by atoms with Gasteiger partial charge >= 0.3 is 5.97 Å². The lowest BCUT2D eigenvalue weighted by Gasteiger charge is -2.11. The number of anilines is 2. The minimum absolute atomic E-state index is 0.0781. The second-order valence-corrected chi connectivity index (χ2v) is 4.24. The third-order valence-electron chi connectivity index (χ3n) is 2.71. The van der Waals surface area contributed by atoms with Crippen LogP contribution in [0.15, 0.2) is 30.3 Å². The zero-order valence-corrected chi connectivity index (χ0v) is 10.6. The number of benzene rings is 1. The maximum Gasteiger partial charge on any atom is 0.339 e. The van der Waals surface area contributed by atoms with Gasteiger partial charge in [-0.3, -0.25) is 0 Å². The molecule has 0 saturated carbocycles. The number of nitrogens with zero attached hydrogens (tertiary/aromatic N) is 1. The molecule has 2 aromatic rings. The highest BCUT2D eigenvalue weighted by Gasteiger charge is 2.12. The fraction of sp³-hybridized carbons (Fsp3) is 0.143. The molecule has 0 bridgehead atoms. The predicted molar refractivity (Wildman–Crippen MR) is 70.4 cm³/mol. The fourth-order valence-corrected chi connectivity index (χ4v) is 1.72. The molecule has 98 valence electrons. The summed E-state index contributed by atoms with van der Waals surface area (Å²) >= 11 is 0. The van der Waals surface area contributed by atoms with Gasteiger partial charge in [-0.05, 0) is 49.7 Å². The Kier molecular flexibility index (Phi) is 3.46. The summed E-state index contributed by atoms with van der Waals surface area (Å²) < 4.78 is 13.0. The highest BCUT2D eigenvalue weighted by atomic mass is 19.1. The first-order valence-electron chi connectivity index (χ1n) is 5.71. The van der Waals surface area contributed by atoms with Crippen LogP contribution in [-0.2, 0) is 0 Å². The average Bonchev–Trinajstić information content (AvgIpc) is 2.32. The topological polar surface area (TPSA) is 62.2 Å². The first-order valence-corrected chi connectivity index (χ1v) is 5.71. The van der Waals surface area contributed by atoms with Gasteiger partial charge in [0.05, 0.1) is 0 Å². The lowest BCUT2D eigenvalue weighted by Crippen LogP contribution is -2.06. The van der Waals surface area contributed by atoms with Gasteiger partial charge in [0.1, 0.15) is 17.2 Å². The number of carboxylic acid groups (broad SMARTS) is 1. The minimum Gasteiger partial charge on any atom is -0.478 e. The van der Waals surface area contributed by atoms with Crippen molar-refractivity contribution in [2.45, 2.75) is 13.8 Å². The van der Waals surface area contributed by atoms with Gasteiger partial charge in [-0.2, -0.15) is 0 Å². The Morgan fingerprint density at radius 1 is 1.26 bits per heavy atom. The Bertz CT molecular complexity index is 641. The van der Waals surface area contributed by atoms with Gasteiger partial charge in [0, 0.05) is 11.4 Å². The van der Waals surface area contributed by atoms with E-state index in [0.717, 1.165) is 0 Å². The number of halogens is 1. The molecule has 0 spiro atoms. The summed E-state index contributed by atoms with van der Waals surface area (Å²) in [5.74, 6) is -1.14. The molecule has 0 saturated heterocycles. The van der Waals surface area contributed by atoms with E-state index in [1.165, 1.54) is 18.2 Å². The molecule has 0 aliphatic heterocycles. The van der Waals surface area contributed by atoms with E-state index < -0.39 is 5.97 Å². The highest BCUT2D eigenvalue weighted by molar-refractivity contribution is 5.94. The molecule has 0 radical (unpaired) electrons. The maximum atomic E-state index is 13.0. The van der Waals surface area contributed by atoms with Crippen LogP contribution in [-0.4, -0.2) is 16.1 Å². The molecule has 1 aromatic heterocycles. The fourth-order valence-electron chi connectivity index (χ4n) is 1.72. The van der Waals surface area contributed by atoms with E-state index in [-0.39, 0.29) is 17.2 Å². The summed E-state index contributed by atoms with van der Waals surface area (Å²) in [6.45, 7) is 3.51. The van der Waals surface area contributed by atoms with Crippen LogP contribution in [0.25, 0.3) is 0 Å². The lowest BCUT2D eigenvalue weighted by molar-refractivity contribution is 0.0697. The number of carboxylic acids is 1. The highest BCUT2D eigenvalue weighted by Crippen LogP contribution is 2.23. The van der Waals surface area contributed by atoms with Crippen molar-refractivity contribution in [3.63, 3.8) is 0 Å². The summed E-state index contributed by atoms with van der Waals surface area (Å²) in [5.41, 5.74) is 2.09. The predicted octanol–water partition coefficient (Wildman–Crippen LogP) is 3.28. The molecule has 1 aromatic carbocycles. The van der Waals surface area contributed by atoms with E-state index in [4.69, 9.17) is 5.11 Å². The van der Waals surface area contributed by atoms with E-state index in [0.29, 0.717) is 16.9 Å². The zero-order valence-electron chi connectivity index (χ0n) is 10.6. The monoisotopic (exact) mass is 260 g/mol. The third-order valence-corrected chi connectivity index (χ3v) is 2.71. The number of pyridine rings is 1. The standard InChI is InChI=1S/C14H13FN2O2/c1-8-7-10(15)4-6-12(8)17-13-11(14(18)19)5-3-9(2)16-13/h3-7H,1-2H3,(H,16,17)(H,18,19). The van der Waals surface area contributed by atoms with Gasteiger partial charge in [-0.1, -0.05) is 0 Å². The molecule has 0 amide bonds. The van der Waals surface area contributed by atoms with Crippen molar-refractivity contribution in [3.8, 4) is 0 Å². The Morgan fingerprint density at radius 2 is 2.00 bits per heavy atom. The number of aromatic carboxylic acids is 1. The van der Waals surface area contributed by atoms with Crippen molar-refractivity contribution in [3.05, 3.63) is 53.0 Å². The smallest absolute Gasteiger partial charge is 0.339 e. The molecule has 5 heteroatoms. The molecule has 0 aliphatic carbocycles. The molecule has 4 nitrogen and oxygen atoms in total. The number of hydrogen-bond acceptors (Lipinski definition) is 3. The number of nitrogens with one attached hydrogen (secondary N) is 1.